The molecule has 6 nitrogen and oxygen atoms in total. The summed E-state index contributed by atoms with van der Waals surface area (Å²) in [5.41, 5.74) is 0.154. The van der Waals surface area contributed by atoms with Gasteiger partial charge in [-0.1, -0.05) is 0 Å². The second-order valence-corrected chi connectivity index (χ2v) is 2.94. The summed E-state index contributed by atoms with van der Waals surface area (Å²) in [6, 6.07) is 1.54. The lowest BCUT2D eigenvalue weighted by Crippen LogP contribution is -2.29. The van der Waals surface area contributed by atoms with Crippen LogP contribution in [0, 0.1) is 6.92 Å². The van der Waals surface area contributed by atoms with E-state index in [0.29, 0.717) is 5.69 Å². The molecule has 14 heavy (non-hydrogen) atoms. The van der Waals surface area contributed by atoms with E-state index in [9.17, 15) is 9.59 Å². The van der Waals surface area contributed by atoms with Crippen molar-refractivity contribution in [3.05, 3.63) is 32.7 Å². The summed E-state index contributed by atoms with van der Waals surface area (Å²) in [6.45, 7) is 1.71. The number of fused-ring (bicyclic) bond motifs is 1. The smallest absolute Gasteiger partial charge is 0.388 e. The minimum atomic E-state index is -0.736. The van der Waals surface area contributed by atoms with Crippen LogP contribution in [0.1, 0.15) is 5.69 Å². The van der Waals surface area contributed by atoms with Crippen molar-refractivity contribution in [2.24, 2.45) is 7.05 Å². The van der Waals surface area contributed by atoms with Gasteiger partial charge >= 0.3 is 5.76 Å². The van der Waals surface area contributed by atoms with Crippen LogP contribution in [0.2, 0.25) is 0 Å². The van der Waals surface area contributed by atoms with Crippen LogP contribution in [0.15, 0.2) is 20.1 Å². The highest BCUT2D eigenvalue weighted by atomic mass is 16.4. The maximum Gasteiger partial charge on any atom is 0.423 e. The first-order chi connectivity index (χ1) is 6.59. The largest absolute Gasteiger partial charge is 0.423 e. The zero-order valence-electron chi connectivity index (χ0n) is 7.64. The number of aromatic nitrogens is 3. The van der Waals surface area contributed by atoms with Crippen molar-refractivity contribution in [2.75, 3.05) is 0 Å². The third-order valence-corrected chi connectivity index (χ3v) is 1.88. The topological polar surface area (TPSA) is 78.0 Å². The van der Waals surface area contributed by atoms with E-state index in [2.05, 4.69) is 10.2 Å². The van der Waals surface area contributed by atoms with Crippen molar-refractivity contribution in [3.8, 4) is 0 Å². The lowest BCUT2D eigenvalue weighted by Gasteiger charge is -1.97. The first-order valence-corrected chi connectivity index (χ1v) is 3.94. The normalized spacial score (nSPS) is 10.7. The molecule has 2 rings (SSSR count). The van der Waals surface area contributed by atoms with E-state index in [1.807, 2.05) is 0 Å². The Balaban J connectivity index is 3.07. The van der Waals surface area contributed by atoms with Crippen LogP contribution in [0.25, 0.3) is 11.1 Å². The molecule has 0 unspecified atom stereocenters. The molecule has 0 bridgehead atoms. The van der Waals surface area contributed by atoms with Gasteiger partial charge in [-0.25, -0.2) is 9.36 Å². The highest BCUT2D eigenvalue weighted by Crippen LogP contribution is 2.02. The molecule has 0 atom stereocenters. The molecule has 0 aliphatic rings. The molecule has 0 amide bonds. The van der Waals surface area contributed by atoms with Gasteiger partial charge in [-0.15, -0.1) is 5.10 Å². The molecule has 2 heterocycles. The monoisotopic (exact) mass is 193 g/mol. The minimum absolute atomic E-state index is 0.0244. The van der Waals surface area contributed by atoms with Crippen molar-refractivity contribution in [1.29, 1.82) is 0 Å². The molecule has 0 aliphatic carbocycles. The van der Waals surface area contributed by atoms with Gasteiger partial charge in [0.05, 0.1) is 5.69 Å². The van der Waals surface area contributed by atoms with E-state index in [0.717, 1.165) is 4.57 Å². The lowest BCUT2D eigenvalue weighted by atomic mass is 10.3. The Bertz CT molecular complexity index is 611. The Morgan fingerprint density at radius 2 is 2.07 bits per heavy atom. The van der Waals surface area contributed by atoms with Gasteiger partial charge in [-0.2, -0.15) is 5.10 Å². The highest BCUT2D eigenvalue weighted by Gasteiger charge is 2.07. The number of aryl methyl sites for hydroxylation is 1. The first-order valence-electron chi connectivity index (χ1n) is 3.94. The molecule has 72 valence electrons. The summed E-state index contributed by atoms with van der Waals surface area (Å²) < 4.78 is 5.65. The molecule has 0 aliphatic heterocycles. The quantitative estimate of drug-likeness (QED) is 0.568. The first kappa shape index (κ1) is 8.61. The second-order valence-electron chi connectivity index (χ2n) is 2.94. The van der Waals surface area contributed by atoms with E-state index in [1.165, 1.54) is 13.1 Å². The van der Waals surface area contributed by atoms with E-state index < -0.39 is 11.3 Å². The van der Waals surface area contributed by atoms with Crippen LogP contribution in [0.4, 0.5) is 0 Å². The highest BCUT2D eigenvalue weighted by molar-refractivity contribution is 5.70. The van der Waals surface area contributed by atoms with Gasteiger partial charge in [0.2, 0.25) is 0 Å². The Kier molecular flexibility index (Phi) is 1.70. The fraction of sp³-hybridized carbons (Fsp3) is 0.250. The van der Waals surface area contributed by atoms with Gasteiger partial charge in [0.25, 0.3) is 11.3 Å². The van der Waals surface area contributed by atoms with Gasteiger partial charge in [0.1, 0.15) is 5.39 Å². The number of nitrogens with zero attached hydrogens (tertiary/aromatic N) is 3. The molecule has 0 aromatic carbocycles. The van der Waals surface area contributed by atoms with Crippen LogP contribution in [-0.2, 0) is 7.05 Å². The molecule has 2 aromatic rings. The van der Waals surface area contributed by atoms with Gasteiger partial charge in [-0.05, 0) is 13.0 Å². The Morgan fingerprint density at radius 3 is 2.79 bits per heavy atom. The molecule has 2 aromatic heterocycles. The van der Waals surface area contributed by atoms with Crippen molar-refractivity contribution in [1.82, 2.24) is 14.8 Å². The lowest BCUT2D eigenvalue weighted by molar-refractivity contribution is 0.473. The Labute approximate surface area is 77.8 Å². The van der Waals surface area contributed by atoms with E-state index in [4.69, 9.17) is 4.42 Å². The molecule has 0 spiro atoms. The van der Waals surface area contributed by atoms with Gasteiger partial charge in [-0.3, -0.25) is 4.79 Å². The third kappa shape index (κ3) is 1.12. The van der Waals surface area contributed by atoms with Crippen molar-refractivity contribution >= 4 is 11.1 Å². The van der Waals surface area contributed by atoms with E-state index >= 15 is 0 Å². The SMILES string of the molecule is Cc1cc2c(=O)n(C)c(=O)oc2nn1. The Hall–Kier alpha value is -1.98. The average Bonchev–Trinajstić information content (AvgIpc) is 2.16. The molecule has 0 saturated heterocycles. The van der Waals surface area contributed by atoms with Gasteiger partial charge in [0.15, 0.2) is 0 Å². The van der Waals surface area contributed by atoms with Crippen molar-refractivity contribution in [3.63, 3.8) is 0 Å². The molecular formula is C8H7N3O3. The van der Waals surface area contributed by atoms with Crippen molar-refractivity contribution < 1.29 is 4.42 Å². The van der Waals surface area contributed by atoms with E-state index in [-0.39, 0.29) is 11.1 Å². The van der Waals surface area contributed by atoms with Gasteiger partial charge in [0, 0.05) is 7.05 Å². The standard InChI is InChI=1S/C8H7N3O3/c1-4-3-5-6(10-9-4)14-8(13)11(2)7(5)12/h3H,1-2H3. The average molecular weight is 193 g/mol. The number of rotatable bonds is 0. The van der Waals surface area contributed by atoms with Crippen LogP contribution in [0.5, 0.6) is 0 Å². The molecule has 0 N–H and O–H groups in total. The summed E-state index contributed by atoms with van der Waals surface area (Å²) in [5.74, 6) is -0.736. The zero-order chi connectivity index (χ0) is 10.3. The maximum atomic E-state index is 11.5. The third-order valence-electron chi connectivity index (χ3n) is 1.88. The fourth-order valence-electron chi connectivity index (χ4n) is 1.12. The zero-order valence-corrected chi connectivity index (χ0v) is 7.64. The van der Waals surface area contributed by atoms with Crippen molar-refractivity contribution in [2.45, 2.75) is 6.92 Å². The summed E-state index contributed by atoms with van der Waals surface area (Å²) in [7, 11) is 1.35. The second kappa shape index (κ2) is 2.76. The van der Waals surface area contributed by atoms with E-state index in [1.54, 1.807) is 6.92 Å². The van der Waals surface area contributed by atoms with Crippen LogP contribution in [-0.4, -0.2) is 14.8 Å². The summed E-state index contributed by atoms with van der Waals surface area (Å²) >= 11 is 0. The molecule has 6 heteroatoms. The van der Waals surface area contributed by atoms with Crippen LogP contribution in [0.3, 0.4) is 0 Å². The molecular weight excluding hydrogens is 186 g/mol. The fourth-order valence-corrected chi connectivity index (χ4v) is 1.12. The Morgan fingerprint density at radius 1 is 1.36 bits per heavy atom. The summed E-state index contributed by atoms with van der Waals surface area (Å²) in [6.07, 6.45) is 0. The summed E-state index contributed by atoms with van der Waals surface area (Å²) in [5, 5.41) is 7.57. The maximum absolute atomic E-state index is 11.5. The predicted octanol–water partition coefficient (Wildman–Crippen LogP) is -0.410. The van der Waals surface area contributed by atoms with Gasteiger partial charge < -0.3 is 4.42 Å². The van der Waals surface area contributed by atoms with Crippen LogP contribution >= 0.6 is 0 Å². The molecule has 0 saturated carbocycles. The van der Waals surface area contributed by atoms with Crippen LogP contribution < -0.4 is 11.3 Å². The number of hydrogen-bond donors (Lipinski definition) is 0. The minimum Gasteiger partial charge on any atom is -0.388 e. The number of hydrogen-bond acceptors (Lipinski definition) is 5. The molecule has 0 fully saturated rings. The predicted molar refractivity (Wildman–Crippen MR) is 48.1 cm³/mol. The summed E-state index contributed by atoms with van der Waals surface area (Å²) in [4.78, 5) is 22.6. The molecule has 0 radical (unpaired) electrons.